The highest BCUT2D eigenvalue weighted by atomic mass is 16.7. The summed E-state index contributed by atoms with van der Waals surface area (Å²) in [5.74, 6) is -1.41. The number of nitrogens with one attached hydrogen (secondary N) is 1. The first-order valence-corrected chi connectivity index (χ1v) is 6.78. The molecule has 0 saturated carbocycles. The van der Waals surface area contributed by atoms with Crippen LogP contribution in [0.25, 0.3) is 0 Å². The van der Waals surface area contributed by atoms with Gasteiger partial charge in [0.05, 0.1) is 18.9 Å². The molecule has 1 amide bonds. The summed E-state index contributed by atoms with van der Waals surface area (Å²) in [6.07, 6.45) is 2.46. The third-order valence-corrected chi connectivity index (χ3v) is 4.07. The molecule has 3 aliphatic heterocycles. The molecule has 1 aromatic rings. The van der Waals surface area contributed by atoms with E-state index in [2.05, 4.69) is 16.3 Å². The van der Waals surface area contributed by atoms with Crippen LogP contribution < -0.4 is 10.2 Å². The van der Waals surface area contributed by atoms with E-state index in [1.54, 1.807) is 0 Å². The van der Waals surface area contributed by atoms with Gasteiger partial charge in [0.1, 0.15) is 0 Å². The molecule has 1 spiro atoms. The highest BCUT2D eigenvalue weighted by Crippen LogP contribution is 2.43. The average molecular weight is 260 g/mol. The molecule has 0 radical (unpaired) electrons. The van der Waals surface area contributed by atoms with Crippen molar-refractivity contribution in [3.63, 3.8) is 0 Å². The first-order valence-electron chi connectivity index (χ1n) is 6.78. The summed E-state index contributed by atoms with van der Waals surface area (Å²) >= 11 is 0. The topological polar surface area (TPSA) is 50.8 Å². The van der Waals surface area contributed by atoms with Gasteiger partial charge in [0.15, 0.2) is 0 Å². The Hall–Kier alpha value is -1.59. The Labute approximate surface area is 111 Å². The Bertz CT molecular complexity index is 531. The second kappa shape index (κ2) is 3.95. The molecule has 2 saturated heterocycles. The van der Waals surface area contributed by atoms with E-state index in [9.17, 15) is 4.79 Å². The second-order valence-electron chi connectivity index (χ2n) is 5.19. The number of hydrogen-bond donors (Lipinski definition) is 1. The number of anilines is 2. The molecular weight excluding hydrogens is 244 g/mol. The van der Waals surface area contributed by atoms with Crippen molar-refractivity contribution in [3.8, 4) is 0 Å². The fourth-order valence-corrected chi connectivity index (χ4v) is 3.11. The average Bonchev–Trinajstić information content (AvgIpc) is 3.15. The first-order chi connectivity index (χ1) is 9.29. The van der Waals surface area contributed by atoms with Gasteiger partial charge in [0.25, 0.3) is 11.7 Å². The molecule has 1 N–H and O–H groups in total. The van der Waals surface area contributed by atoms with E-state index >= 15 is 0 Å². The zero-order valence-corrected chi connectivity index (χ0v) is 10.6. The van der Waals surface area contributed by atoms with Crippen LogP contribution in [0.2, 0.25) is 0 Å². The quantitative estimate of drug-likeness (QED) is 0.830. The van der Waals surface area contributed by atoms with E-state index in [0.29, 0.717) is 13.2 Å². The van der Waals surface area contributed by atoms with Crippen LogP contribution in [-0.2, 0) is 20.1 Å². The number of carbonyl (C=O) groups is 1. The number of ether oxygens (including phenoxy) is 2. The van der Waals surface area contributed by atoms with Crippen molar-refractivity contribution in [3.05, 3.63) is 23.8 Å². The van der Waals surface area contributed by atoms with Crippen molar-refractivity contribution >= 4 is 17.3 Å². The van der Waals surface area contributed by atoms with E-state index in [1.807, 2.05) is 12.1 Å². The number of nitrogens with zero attached hydrogens (tertiary/aromatic N) is 1. The van der Waals surface area contributed by atoms with Crippen molar-refractivity contribution in [2.45, 2.75) is 18.6 Å². The lowest BCUT2D eigenvalue weighted by Crippen LogP contribution is -2.35. The largest absolute Gasteiger partial charge is 0.372 e. The van der Waals surface area contributed by atoms with Gasteiger partial charge in [-0.3, -0.25) is 4.79 Å². The zero-order chi connectivity index (χ0) is 12.9. The van der Waals surface area contributed by atoms with E-state index < -0.39 is 5.79 Å². The summed E-state index contributed by atoms with van der Waals surface area (Å²) in [6.45, 7) is 3.07. The minimum atomic E-state index is -1.20. The first kappa shape index (κ1) is 11.3. The zero-order valence-electron chi connectivity index (χ0n) is 10.6. The summed E-state index contributed by atoms with van der Waals surface area (Å²) < 4.78 is 11.2. The Kier molecular flexibility index (Phi) is 2.34. The Morgan fingerprint density at radius 2 is 1.89 bits per heavy atom. The van der Waals surface area contributed by atoms with Crippen molar-refractivity contribution in [2.75, 3.05) is 36.5 Å². The summed E-state index contributed by atoms with van der Waals surface area (Å²) in [5.41, 5.74) is 2.76. The van der Waals surface area contributed by atoms with Crippen molar-refractivity contribution < 1.29 is 14.3 Å². The predicted molar refractivity (Wildman–Crippen MR) is 70.1 cm³/mol. The molecule has 1 aromatic carbocycles. The van der Waals surface area contributed by atoms with Crippen LogP contribution in [-0.4, -0.2) is 32.2 Å². The van der Waals surface area contributed by atoms with Gasteiger partial charge in [-0.2, -0.15) is 0 Å². The van der Waals surface area contributed by atoms with Crippen LogP contribution in [0, 0.1) is 0 Å². The van der Waals surface area contributed by atoms with Gasteiger partial charge in [-0.1, -0.05) is 0 Å². The monoisotopic (exact) mass is 260 g/mol. The maximum absolute atomic E-state index is 12.1. The van der Waals surface area contributed by atoms with Gasteiger partial charge in [0.2, 0.25) is 0 Å². The van der Waals surface area contributed by atoms with Gasteiger partial charge in [0, 0.05) is 24.3 Å². The van der Waals surface area contributed by atoms with Gasteiger partial charge < -0.3 is 19.7 Å². The van der Waals surface area contributed by atoms with Gasteiger partial charge in [-0.05, 0) is 31.0 Å². The van der Waals surface area contributed by atoms with Crippen LogP contribution in [0.3, 0.4) is 0 Å². The molecule has 3 aliphatic rings. The number of fused-ring (bicyclic) bond motifs is 2. The SMILES string of the molecule is O=C1Nc2ccc(N3CCCC3)cc2C12OCCO2. The maximum atomic E-state index is 12.1. The highest BCUT2D eigenvalue weighted by molar-refractivity contribution is 6.04. The molecule has 100 valence electrons. The summed E-state index contributed by atoms with van der Waals surface area (Å²) in [7, 11) is 0. The van der Waals surface area contributed by atoms with E-state index in [1.165, 1.54) is 12.8 Å². The molecule has 0 aromatic heterocycles. The van der Waals surface area contributed by atoms with Crippen LogP contribution >= 0.6 is 0 Å². The lowest BCUT2D eigenvalue weighted by atomic mass is 10.1. The van der Waals surface area contributed by atoms with Gasteiger partial charge in [-0.15, -0.1) is 0 Å². The van der Waals surface area contributed by atoms with Crippen LogP contribution in [0.4, 0.5) is 11.4 Å². The van der Waals surface area contributed by atoms with Crippen molar-refractivity contribution in [1.29, 1.82) is 0 Å². The number of rotatable bonds is 1. The molecule has 0 atom stereocenters. The van der Waals surface area contributed by atoms with Crippen LogP contribution in [0.5, 0.6) is 0 Å². The van der Waals surface area contributed by atoms with Crippen molar-refractivity contribution in [2.24, 2.45) is 0 Å². The number of hydrogen-bond acceptors (Lipinski definition) is 4. The Morgan fingerprint density at radius 1 is 1.16 bits per heavy atom. The molecule has 4 rings (SSSR count). The second-order valence-corrected chi connectivity index (χ2v) is 5.19. The van der Waals surface area contributed by atoms with E-state index in [0.717, 1.165) is 30.0 Å². The molecule has 2 fully saturated rings. The number of benzene rings is 1. The maximum Gasteiger partial charge on any atom is 0.289 e. The van der Waals surface area contributed by atoms with E-state index in [-0.39, 0.29) is 5.91 Å². The molecule has 5 heteroatoms. The summed E-state index contributed by atoms with van der Waals surface area (Å²) in [4.78, 5) is 14.5. The molecule has 0 aliphatic carbocycles. The normalized spacial score (nSPS) is 24.0. The molecule has 5 nitrogen and oxygen atoms in total. The van der Waals surface area contributed by atoms with Crippen LogP contribution in [0.1, 0.15) is 18.4 Å². The highest BCUT2D eigenvalue weighted by Gasteiger charge is 2.52. The number of amides is 1. The molecule has 3 heterocycles. The predicted octanol–water partition coefficient (Wildman–Crippen LogP) is 1.44. The molecule has 19 heavy (non-hydrogen) atoms. The smallest absolute Gasteiger partial charge is 0.289 e. The Balaban J connectivity index is 1.78. The van der Waals surface area contributed by atoms with E-state index in [4.69, 9.17) is 9.47 Å². The minimum absolute atomic E-state index is 0.210. The third kappa shape index (κ3) is 1.52. The summed E-state index contributed by atoms with van der Waals surface area (Å²) in [5, 5.41) is 2.84. The van der Waals surface area contributed by atoms with Crippen molar-refractivity contribution in [1.82, 2.24) is 0 Å². The Morgan fingerprint density at radius 3 is 2.63 bits per heavy atom. The molecule has 0 unspecified atom stereocenters. The lowest BCUT2D eigenvalue weighted by molar-refractivity contribution is -0.178. The minimum Gasteiger partial charge on any atom is -0.372 e. The molecule has 0 bridgehead atoms. The fourth-order valence-electron chi connectivity index (χ4n) is 3.11. The summed E-state index contributed by atoms with van der Waals surface area (Å²) in [6, 6.07) is 6.03. The standard InChI is InChI=1S/C14H16N2O3/c17-13-14(18-7-8-19-14)11-9-10(3-4-12(11)15-13)16-5-1-2-6-16/h3-4,9H,1-2,5-8H2,(H,15,17). The molecular formula is C14H16N2O3. The van der Waals surface area contributed by atoms with Crippen LogP contribution in [0.15, 0.2) is 18.2 Å². The van der Waals surface area contributed by atoms with Gasteiger partial charge in [-0.25, -0.2) is 0 Å². The lowest BCUT2D eigenvalue weighted by Gasteiger charge is -2.22. The fraction of sp³-hybridized carbons (Fsp3) is 0.500. The number of carbonyl (C=O) groups excluding carboxylic acids is 1. The third-order valence-electron chi connectivity index (χ3n) is 4.07. The van der Waals surface area contributed by atoms with Gasteiger partial charge >= 0.3 is 0 Å².